The minimum Gasteiger partial charge on any atom is -0.353 e. The summed E-state index contributed by atoms with van der Waals surface area (Å²) in [5.41, 5.74) is 0. The van der Waals surface area contributed by atoms with Crippen molar-refractivity contribution in [2.24, 2.45) is 0 Å². The van der Waals surface area contributed by atoms with E-state index in [1.54, 1.807) is 0 Å². The molecule has 5 heteroatoms. The molecule has 2 nitrogen and oxygen atoms in total. The van der Waals surface area contributed by atoms with E-state index in [0.717, 1.165) is 6.42 Å². The smallest absolute Gasteiger partial charge is 0.235 e. The van der Waals surface area contributed by atoms with E-state index in [1.807, 2.05) is 23.1 Å². The van der Waals surface area contributed by atoms with Gasteiger partial charge in [0.1, 0.15) is 0 Å². The maximum absolute atomic E-state index is 11.1. The molecule has 0 spiro atoms. The average molecular weight is 236 g/mol. The predicted octanol–water partition coefficient (Wildman–Crippen LogP) is 1.06. The van der Waals surface area contributed by atoms with Crippen LogP contribution in [0.3, 0.4) is 0 Å². The molecule has 1 N–H and O–H groups in total. The zero-order chi connectivity index (χ0) is 9.52. The SMILES string of the molecule is O=C(CCC1=[S+]CCCS1)NCP. The summed E-state index contributed by atoms with van der Waals surface area (Å²) in [5.74, 6) is 2.62. The molecule has 1 atom stereocenters. The summed E-state index contributed by atoms with van der Waals surface area (Å²) in [6.07, 6.45) is 3.54. The highest BCUT2D eigenvalue weighted by molar-refractivity contribution is 8.22. The molecule has 0 aliphatic carbocycles. The molecule has 0 saturated heterocycles. The van der Waals surface area contributed by atoms with Gasteiger partial charge in [-0.3, -0.25) is 4.79 Å². The lowest BCUT2D eigenvalue weighted by Gasteiger charge is -2.02. The highest BCUT2D eigenvalue weighted by atomic mass is 32.2. The monoisotopic (exact) mass is 236 g/mol. The van der Waals surface area contributed by atoms with Gasteiger partial charge in [-0.2, -0.15) is 0 Å². The van der Waals surface area contributed by atoms with Gasteiger partial charge >= 0.3 is 0 Å². The molecule has 0 aromatic heterocycles. The van der Waals surface area contributed by atoms with E-state index in [1.165, 1.54) is 22.1 Å². The minimum atomic E-state index is 0.161. The summed E-state index contributed by atoms with van der Waals surface area (Å²) in [6, 6.07) is 0. The van der Waals surface area contributed by atoms with Gasteiger partial charge in [0, 0.05) is 31.3 Å². The number of amides is 1. The van der Waals surface area contributed by atoms with Crippen LogP contribution in [0.15, 0.2) is 0 Å². The van der Waals surface area contributed by atoms with Crippen LogP contribution in [0.25, 0.3) is 0 Å². The minimum absolute atomic E-state index is 0.161. The number of carbonyl (C=O) groups excluding carboxylic acids is 1. The number of thioether (sulfide) groups is 1. The second-order valence-corrected chi connectivity index (χ2v) is 5.77. The van der Waals surface area contributed by atoms with E-state index in [0.29, 0.717) is 12.7 Å². The van der Waals surface area contributed by atoms with Crippen molar-refractivity contribution in [2.75, 3.05) is 17.8 Å². The van der Waals surface area contributed by atoms with Crippen LogP contribution in [0.5, 0.6) is 0 Å². The van der Waals surface area contributed by atoms with Crippen molar-refractivity contribution >= 4 is 42.5 Å². The van der Waals surface area contributed by atoms with E-state index in [9.17, 15) is 4.79 Å². The molecule has 1 unspecified atom stereocenters. The van der Waals surface area contributed by atoms with E-state index in [-0.39, 0.29) is 5.91 Å². The number of hydrogen-bond acceptors (Lipinski definition) is 2. The van der Waals surface area contributed by atoms with Gasteiger partial charge in [-0.25, -0.2) is 0 Å². The molecule has 1 aliphatic heterocycles. The van der Waals surface area contributed by atoms with Crippen molar-refractivity contribution in [1.29, 1.82) is 0 Å². The summed E-state index contributed by atoms with van der Waals surface area (Å²) in [5, 5.41) is 2.78. The maximum atomic E-state index is 11.1. The molecule has 0 saturated carbocycles. The predicted molar refractivity (Wildman–Crippen MR) is 66.3 cm³/mol. The maximum Gasteiger partial charge on any atom is 0.235 e. The van der Waals surface area contributed by atoms with Crippen molar-refractivity contribution in [3.8, 4) is 0 Å². The third-order valence-corrected chi connectivity index (χ3v) is 4.62. The molecule has 1 aliphatic rings. The highest BCUT2D eigenvalue weighted by Gasteiger charge is 2.17. The molecule has 0 radical (unpaired) electrons. The Bertz CT molecular complexity index is 208. The van der Waals surface area contributed by atoms with Crippen LogP contribution in [0.4, 0.5) is 0 Å². The Labute approximate surface area is 89.8 Å². The lowest BCUT2D eigenvalue weighted by molar-refractivity contribution is -0.120. The third kappa shape index (κ3) is 4.94. The molecular formula is C8H15NOPS2+. The van der Waals surface area contributed by atoms with E-state index >= 15 is 0 Å². The molecule has 0 aromatic rings. The largest absolute Gasteiger partial charge is 0.353 e. The van der Waals surface area contributed by atoms with Crippen molar-refractivity contribution < 1.29 is 4.79 Å². The van der Waals surface area contributed by atoms with Crippen molar-refractivity contribution in [2.45, 2.75) is 19.3 Å². The van der Waals surface area contributed by atoms with Crippen molar-refractivity contribution in [1.82, 2.24) is 5.32 Å². The Balaban J connectivity index is 2.17. The van der Waals surface area contributed by atoms with E-state index in [4.69, 9.17) is 0 Å². The van der Waals surface area contributed by atoms with E-state index in [2.05, 4.69) is 14.6 Å². The fourth-order valence-electron chi connectivity index (χ4n) is 1.03. The number of nitrogens with one attached hydrogen (secondary N) is 1. The summed E-state index contributed by atoms with van der Waals surface area (Å²) in [7, 11) is 2.49. The molecule has 0 aromatic carbocycles. The second-order valence-electron chi connectivity index (χ2n) is 2.73. The topological polar surface area (TPSA) is 29.1 Å². The van der Waals surface area contributed by atoms with Crippen LogP contribution >= 0.6 is 21.0 Å². The molecule has 1 amide bonds. The van der Waals surface area contributed by atoms with Crippen LogP contribution in [-0.4, -0.2) is 27.9 Å². The third-order valence-electron chi connectivity index (χ3n) is 1.67. The molecule has 0 fully saturated rings. The zero-order valence-corrected chi connectivity index (χ0v) is 10.3. The van der Waals surface area contributed by atoms with Crippen molar-refractivity contribution in [3.63, 3.8) is 0 Å². The van der Waals surface area contributed by atoms with E-state index < -0.39 is 0 Å². The van der Waals surface area contributed by atoms with Gasteiger partial charge in [-0.1, -0.05) is 11.8 Å². The molecule has 13 heavy (non-hydrogen) atoms. The van der Waals surface area contributed by atoms with Crippen LogP contribution in [0.2, 0.25) is 0 Å². The summed E-state index contributed by atoms with van der Waals surface area (Å²) >= 11 is 3.84. The first kappa shape index (κ1) is 11.4. The van der Waals surface area contributed by atoms with Crippen LogP contribution in [0.1, 0.15) is 19.3 Å². The number of rotatable bonds is 4. The number of hydrogen-bond donors (Lipinski definition) is 1. The van der Waals surface area contributed by atoms with Gasteiger partial charge in [0.25, 0.3) is 0 Å². The Morgan fingerprint density at radius 1 is 1.69 bits per heavy atom. The van der Waals surface area contributed by atoms with Gasteiger partial charge in [0.05, 0.1) is 0 Å². The summed E-state index contributed by atoms with van der Waals surface area (Å²) in [4.78, 5) is 11.1. The Kier molecular flexibility index (Phi) is 5.92. The molecule has 74 valence electrons. The lowest BCUT2D eigenvalue weighted by Crippen LogP contribution is -2.22. The summed E-state index contributed by atoms with van der Waals surface area (Å²) in [6.45, 7) is 0. The highest BCUT2D eigenvalue weighted by Crippen LogP contribution is 2.14. The molecular weight excluding hydrogens is 221 g/mol. The molecule has 0 bridgehead atoms. The first-order valence-electron chi connectivity index (χ1n) is 4.41. The Morgan fingerprint density at radius 3 is 3.15 bits per heavy atom. The first-order chi connectivity index (χ1) is 6.33. The second kappa shape index (κ2) is 6.74. The zero-order valence-electron chi connectivity index (χ0n) is 7.54. The summed E-state index contributed by atoms with van der Waals surface area (Å²) < 4.78 is 1.44. The first-order valence-corrected chi connectivity index (χ1v) is 7.20. The standard InChI is InChI=1S/C8H14NOPS2/c10-7(9-6-11)2-3-8-12-4-1-5-13-8/h1-6,11H2/p+1. The van der Waals surface area contributed by atoms with Crippen LogP contribution in [0, 0.1) is 0 Å². The fourth-order valence-corrected chi connectivity index (χ4v) is 3.80. The molecule has 1 heterocycles. The molecule has 1 rings (SSSR count). The normalized spacial score (nSPS) is 16.5. The van der Waals surface area contributed by atoms with Gasteiger partial charge in [0.15, 0.2) is 17.1 Å². The van der Waals surface area contributed by atoms with Crippen LogP contribution < -0.4 is 5.32 Å². The average Bonchev–Trinajstić information content (AvgIpc) is 2.17. The Hall–Kier alpha value is 0.340. The fraction of sp³-hybridized carbons (Fsp3) is 0.750. The van der Waals surface area contributed by atoms with Gasteiger partial charge in [-0.15, -0.1) is 9.24 Å². The van der Waals surface area contributed by atoms with Gasteiger partial charge < -0.3 is 5.32 Å². The van der Waals surface area contributed by atoms with Crippen molar-refractivity contribution in [3.05, 3.63) is 0 Å². The Morgan fingerprint density at radius 2 is 2.54 bits per heavy atom. The lowest BCUT2D eigenvalue weighted by atomic mass is 10.3. The quantitative estimate of drug-likeness (QED) is 0.449. The van der Waals surface area contributed by atoms with Gasteiger partial charge in [0.2, 0.25) is 10.1 Å². The van der Waals surface area contributed by atoms with Gasteiger partial charge in [-0.05, 0) is 0 Å². The van der Waals surface area contributed by atoms with Crippen LogP contribution in [-0.2, 0) is 16.1 Å². The number of carbonyl (C=O) groups is 1.